The molecule has 0 saturated heterocycles. The van der Waals surface area contributed by atoms with Gasteiger partial charge < -0.3 is 5.32 Å². The van der Waals surface area contributed by atoms with E-state index in [-0.39, 0.29) is 17.6 Å². The van der Waals surface area contributed by atoms with Crippen LogP contribution >= 0.6 is 11.6 Å². The third-order valence-corrected chi connectivity index (χ3v) is 6.09. The topological polar surface area (TPSA) is 42.0 Å². The van der Waals surface area contributed by atoms with Crippen LogP contribution in [0.15, 0.2) is 54.7 Å². The summed E-state index contributed by atoms with van der Waals surface area (Å²) in [4.78, 5) is 15.6. The Hall–Kier alpha value is -2.46. The second-order valence-corrected chi connectivity index (χ2v) is 8.60. The maximum Gasteiger partial charge on any atom is 0.227 e. The Balaban J connectivity index is 0.000000151. The molecule has 3 nitrogen and oxygen atoms in total. The summed E-state index contributed by atoms with van der Waals surface area (Å²) in [5.74, 6) is 0.802. The monoisotopic (exact) mass is 424 g/mol. The van der Waals surface area contributed by atoms with Gasteiger partial charge in [0.15, 0.2) is 0 Å². The van der Waals surface area contributed by atoms with Gasteiger partial charge in [-0.1, -0.05) is 30.9 Å². The first kappa shape index (κ1) is 20.8. The van der Waals surface area contributed by atoms with Crippen molar-refractivity contribution in [2.45, 2.75) is 50.9 Å². The van der Waals surface area contributed by atoms with Crippen LogP contribution in [0.5, 0.6) is 0 Å². The van der Waals surface area contributed by atoms with E-state index < -0.39 is 0 Å². The Kier molecular flexibility index (Phi) is 6.63. The number of rotatable bonds is 3. The molecule has 1 heterocycles. The zero-order valence-electron chi connectivity index (χ0n) is 16.9. The van der Waals surface area contributed by atoms with Gasteiger partial charge in [-0.05, 0) is 85.7 Å². The van der Waals surface area contributed by atoms with Gasteiger partial charge in [0.2, 0.25) is 5.91 Å². The minimum Gasteiger partial charge on any atom is -0.326 e. The van der Waals surface area contributed by atoms with Crippen molar-refractivity contribution in [3.05, 3.63) is 71.1 Å². The Labute approximate surface area is 181 Å². The number of carbonyl (C=O) groups is 1. The molecule has 3 aromatic rings. The fraction of sp³-hybridized carbons (Fsp3) is 0.360. The second kappa shape index (κ2) is 9.57. The van der Waals surface area contributed by atoms with Crippen LogP contribution in [-0.2, 0) is 4.79 Å². The van der Waals surface area contributed by atoms with Gasteiger partial charge >= 0.3 is 0 Å². The number of hydrogen-bond acceptors (Lipinski definition) is 2. The van der Waals surface area contributed by atoms with E-state index >= 15 is 0 Å². The van der Waals surface area contributed by atoms with E-state index in [9.17, 15) is 9.18 Å². The molecule has 156 valence electrons. The predicted octanol–water partition coefficient (Wildman–Crippen LogP) is 7.11. The van der Waals surface area contributed by atoms with Crippen LogP contribution in [0.25, 0.3) is 10.9 Å². The predicted molar refractivity (Wildman–Crippen MR) is 120 cm³/mol. The van der Waals surface area contributed by atoms with E-state index in [4.69, 9.17) is 11.6 Å². The van der Waals surface area contributed by atoms with E-state index in [1.54, 1.807) is 24.3 Å². The SMILES string of the molecule is Fc1ccc2nccc(C3CCCCC3)c2c1.O=C(Nc1ccc(Cl)cc1)C1CC1. The average molecular weight is 425 g/mol. The van der Waals surface area contributed by atoms with Crippen molar-refractivity contribution < 1.29 is 9.18 Å². The highest BCUT2D eigenvalue weighted by molar-refractivity contribution is 6.30. The number of halogens is 2. The smallest absolute Gasteiger partial charge is 0.227 e. The highest BCUT2D eigenvalue weighted by Crippen LogP contribution is 2.36. The summed E-state index contributed by atoms with van der Waals surface area (Å²) < 4.78 is 13.4. The lowest BCUT2D eigenvalue weighted by molar-refractivity contribution is -0.117. The van der Waals surface area contributed by atoms with Gasteiger partial charge in [0.05, 0.1) is 5.52 Å². The minimum atomic E-state index is -0.164. The molecule has 0 bridgehead atoms. The van der Waals surface area contributed by atoms with Gasteiger partial charge in [-0.2, -0.15) is 0 Å². The summed E-state index contributed by atoms with van der Waals surface area (Å²) in [6, 6.07) is 14.1. The molecule has 5 heteroatoms. The summed E-state index contributed by atoms with van der Waals surface area (Å²) >= 11 is 5.71. The maximum absolute atomic E-state index is 13.4. The van der Waals surface area contributed by atoms with Gasteiger partial charge in [0.1, 0.15) is 5.82 Å². The molecule has 2 aromatic carbocycles. The molecule has 0 atom stereocenters. The van der Waals surface area contributed by atoms with Gasteiger partial charge in [-0.15, -0.1) is 0 Å². The standard InChI is InChI=1S/C15H16FN.C10H10ClNO/c16-12-6-7-15-14(10-12)13(8-9-17-15)11-4-2-1-3-5-11;11-8-3-5-9(6-4-8)12-10(13)7-1-2-7/h6-11H,1-5H2;3-7H,1-2H2,(H,12,13). The summed E-state index contributed by atoms with van der Waals surface area (Å²) in [6.45, 7) is 0. The lowest BCUT2D eigenvalue weighted by Gasteiger charge is -2.23. The zero-order chi connectivity index (χ0) is 20.9. The zero-order valence-corrected chi connectivity index (χ0v) is 17.7. The van der Waals surface area contributed by atoms with Crippen molar-refractivity contribution >= 4 is 34.1 Å². The Bertz CT molecular complexity index is 1010. The molecule has 1 amide bonds. The Morgan fingerprint density at radius 2 is 1.70 bits per heavy atom. The van der Waals surface area contributed by atoms with E-state index in [1.807, 2.05) is 18.3 Å². The third-order valence-electron chi connectivity index (χ3n) is 5.84. The summed E-state index contributed by atoms with van der Waals surface area (Å²) in [5.41, 5.74) is 3.02. The number of nitrogens with one attached hydrogen (secondary N) is 1. The van der Waals surface area contributed by atoms with Crippen molar-refractivity contribution in [2.75, 3.05) is 5.32 Å². The number of carbonyl (C=O) groups excluding carboxylic acids is 1. The summed E-state index contributed by atoms with van der Waals surface area (Å²) in [7, 11) is 0. The fourth-order valence-corrected chi connectivity index (χ4v) is 4.16. The first-order valence-corrected chi connectivity index (χ1v) is 11.1. The minimum absolute atomic E-state index is 0.127. The van der Waals surface area contributed by atoms with Gasteiger partial charge in [-0.3, -0.25) is 9.78 Å². The van der Waals surface area contributed by atoms with Crippen LogP contribution in [0.4, 0.5) is 10.1 Å². The lowest BCUT2D eigenvalue weighted by Crippen LogP contribution is -2.12. The highest BCUT2D eigenvalue weighted by Gasteiger charge is 2.29. The molecule has 1 aromatic heterocycles. The van der Waals surface area contributed by atoms with Gasteiger partial charge in [0.25, 0.3) is 0 Å². The van der Waals surface area contributed by atoms with Gasteiger partial charge in [-0.25, -0.2) is 4.39 Å². The fourth-order valence-electron chi connectivity index (χ4n) is 4.03. The van der Waals surface area contributed by atoms with E-state index in [2.05, 4.69) is 16.4 Å². The maximum atomic E-state index is 13.4. The molecule has 0 radical (unpaired) electrons. The molecule has 0 unspecified atom stereocenters. The molecular formula is C25H26ClFN2O. The number of fused-ring (bicyclic) bond motifs is 1. The van der Waals surface area contributed by atoms with Crippen molar-refractivity contribution in [3.8, 4) is 0 Å². The van der Waals surface area contributed by atoms with E-state index in [1.165, 1.54) is 43.7 Å². The van der Waals surface area contributed by atoms with Crippen LogP contribution in [0, 0.1) is 11.7 Å². The number of aromatic nitrogens is 1. The van der Waals surface area contributed by atoms with Crippen LogP contribution < -0.4 is 5.32 Å². The first-order chi connectivity index (χ1) is 14.6. The number of anilines is 1. The van der Waals surface area contributed by atoms with E-state index in [0.717, 1.165) is 29.4 Å². The molecular weight excluding hydrogens is 399 g/mol. The Morgan fingerprint density at radius 3 is 2.40 bits per heavy atom. The summed E-state index contributed by atoms with van der Waals surface area (Å²) in [6.07, 6.45) is 10.3. The molecule has 0 aliphatic heterocycles. The first-order valence-electron chi connectivity index (χ1n) is 10.7. The lowest BCUT2D eigenvalue weighted by atomic mass is 9.83. The van der Waals surface area contributed by atoms with E-state index in [0.29, 0.717) is 10.9 Å². The number of amides is 1. The van der Waals surface area contributed by atoms with Crippen molar-refractivity contribution in [1.29, 1.82) is 0 Å². The molecule has 30 heavy (non-hydrogen) atoms. The quantitative estimate of drug-likeness (QED) is 0.486. The Morgan fingerprint density at radius 1 is 0.967 bits per heavy atom. The number of nitrogens with zero attached hydrogens (tertiary/aromatic N) is 1. The molecule has 2 aliphatic carbocycles. The van der Waals surface area contributed by atoms with Crippen LogP contribution in [0.3, 0.4) is 0 Å². The second-order valence-electron chi connectivity index (χ2n) is 8.17. The summed E-state index contributed by atoms with van der Waals surface area (Å²) in [5, 5.41) is 4.52. The highest BCUT2D eigenvalue weighted by atomic mass is 35.5. The molecule has 2 saturated carbocycles. The molecule has 2 aliphatic rings. The molecule has 1 N–H and O–H groups in total. The molecule has 0 spiro atoms. The third kappa shape index (κ3) is 5.37. The van der Waals surface area contributed by atoms with Crippen molar-refractivity contribution in [3.63, 3.8) is 0 Å². The molecule has 2 fully saturated rings. The van der Waals surface area contributed by atoms with Crippen LogP contribution in [-0.4, -0.2) is 10.9 Å². The van der Waals surface area contributed by atoms with Gasteiger partial charge in [0, 0.05) is 28.2 Å². The number of hydrogen-bond donors (Lipinski definition) is 1. The number of benzene rings is 2. The van der Waals surface area contributed by atoms with Crippen molar-refractivity contribution in [1.82, 2.24) is 4.98 Å². The largest absolute Gasteiger partial charge is 0.326 e. The van der Waals surface area contributed by atoms with Crippen molar-refractivity contribution in [2.24, 2.45) is 5.92 Å². The molecule has 5 rings (SSSR count). The van der Waals surface area contributed by atoms with Crippen LogP contribution in [0.1, 0.15) is 56.4 Å². The number of pyridine rings is 1. The van der Waals surface area contributed by atoms with Crippen LogP contribution in [0.2, 0.25) is 5.02 Å². The average Bonchev–Trinajstić information content (AvgIpc) is 3.62. The normalized spacial score (nSPS) is 16.6.